The summed E-state index contributed by atoms with van der Waals surface area (Å²) in [4.78, 5) is 20.6. The molecule has 1 fully saturated rings. The molecule has 8 heteroatoms. The van der Waals surface area contributed by atoms with E-state index in [0.717, 1.165) is 30.6 Å². The van der Waals surface area contributed by atoms with Crippen LogP contribution in [0.1, 0.15) is 5.56 Å². The Morgan fingerprint density at radius 1 is 1.07 bits per heavy atom. The number of sulfonamides is 1. The van der Waals surface area contributed by atoms with Gasteiger partial charge in [0, 0.05) is 50.8 Å². The molecule has 0 radical (unpaired) electrons. The molecule has 1 aromatic carbocycles. The van der Waals surface area contributed by atoms with Crippen LogP contribution in [-0.2, 0) is 21.4 Å². The average Bonchev–Trinajstić information content (AvgIpc) is 2.68. The Kier molecular flexibility index (Phi) is 6.08. The number of rotatable bonds is 6. The summed E-state index contributed by atoms with van der Waals surface area (Å²) in [6.45, 7) is 2.62. The molecule has 0 aliphatic carbocycles. The molecule has 3 rings (SSSR count). The number of anilines is 1. The van der Waals surface area contributed by atoms with Crippen LogP contribution < -0.4 is 4.90 Å². The van der Waals surface area contributed by atoms with Gasteiger partial charge in [0.1, 0.15) is 0 Å². The topological polar surface area (TPSA) is 73.8 Å². The highest BCUT2D eigenvalue weighted by atomic mass is 32.2. The Labute approximate surface area is 160 Å². The molecule has 1 aliphatic heterocycles. The van der Waals surface area contributed by atoms with Crippen LogP contribution in [0.5, 0.6) is 0 Å². The number of benzene rings is 1. The van der Waals surface area contributed by atoms with E-state index in [1.807, 2.05) is 18.2 Å². The number of nitrogens with zero attached hydrogens (tertiary/aromatic N) is 4. The second-order valence-corrected chi connectivity index (χ2v) is 8.58. The molecule has 0 unspecified atom stereocenters. The highest BCUT2D eigenvalue weighted by molar-refractivity contribution is 7.88. The molecule has 1 aromatic heterocycles. The summed E-state index contributed by atoms with van der Waals surface area (Å²) in [6, 6.07) is 13.6. The lowest BCUT2D eigenvalue weighted by Crippen LogP contribution is -2.51. The minimum Gasteiger partial charge on any atom is -0.368 e. The molecule has 2 heterocycles. The van der Waals surface area contributed by atoms with E-state index in [0.29, 0.717) is 13.1 Å². The summed E-state index contributed by atoms with van der Waals surface area (Å²) in [7, 11) is -3.50. The Balaban J connectivity index is 1.60. The van der Waals surface area contributed by atoms with Crippen LogP contribution in [0, 0.1) is 0 Å². The van der Waals surface area contributed by atoms with Crippen LogP contribution in [0.2, 0.25) is 0 Å². The molecule has 1 amide bonds. The lowest BCUT2D eigenvalue weighted by atomic mass is 10.2. The highest BCUT2D eigenvalue weighted by Crippen LogP contribution is 2.16. The minimum absolute atomic E-state index is 0.141. The summed E-state index contributed by atoms with van der Waals surface area (Å²) in [5.74, 6) is -0.169. The van der Waals surface area contributed by atoms with Crippen molar-refractivity contribution in [2.45, 2.75) is 6.54 Å². The number of pyridine rings is 1. The van der Waals surface area contributed by atoms with Crippen LogP contribution in [-0.4, -0.2) is 67.5 Å². The van der Waals surface area contributed by atoms with Crippen molar-refractivity contribution < 1.29 is 13.2 Å². The van der Waals surface area contributed by atoms with E-state index < -0.39 is 10.0 Å². The van der Waals surface area contributed by atoms with E-state index in [2.05, 4.69) is 22.0 Å². The van der Waals surface area contributed by atoms with Crippen molar-refractivity contribution in [3.05, 3.63) is 60.4 Å². The third-order valence-corrected chi connectivity index (χ3v) is 5.81. The maximum Gasteiger partial charge on any atom is 0.238 e. The van der Waals surface area contributed by atoms with Gasteiger partial charge in [-0.2, -0.15) is 4.31 Å². The maximum atomic E-state index is 12.7. The summed E-state index contributed by atoms with van der Waals surface area (Å²) in [6.07, 6.45) is 4.37. The third kappa shape index (κ3) is 5.27. The zero-order valence-corrected chi connectivity index (χ0v) is 16.2. The predicted octanol–water partition coefficient (Wildman–Crippen LogP) is 1.19. The van der Waals surface area contributed by atoms with Crippen molar-refractivity contribution in [3.8, 4) is 0 Å². The third-order valence-electron chi connectivity index (χ3n) is 4.62. The van der Waals surface area contributed by atoms with Gasteiger partial charge < -0.3 is 9.80 Å². The zero-order valence-electron chi connectivity index (χ0n) is 15.4. The molecule has 0 bridgehead atoms. The predicted molar refractivity (Wildman–Crippen MR) is 105 cm³/mol. The fourth-order valence-electron chi connectivity index (χ4n) is 3.09. The first-order chi connectivity index (χ1) is 12.9. The van der Waals surface area contributed by atoms with Crippen molar-refractivity contribution in [2.24, 2.45) is 0 Å². The van der Waals surface area contributed by atoms with Gasteiger partial charge in [-0.1, -0.05) is 24.3 Å². The average molecular weight is 388 g/mol. The van der Waals surface area contributed by atoms with Gasteiger partial charge in [0.2, 0.25) is 15.9 Å². The number of hydrogen-bond acceptors (Lipinski definition) is 5. The molecule has 1 saturated heterocycles. The molecule has 0 atom stereocenters. The van der Waals surface area contributed by atoms with Gasteiger partial charge in [-0.15, -0.1) is 0 Å². The van der Waals surface area contributed by atoms with Crippen molar-refractivity contribution in [3.63, 3.8) is 0 Å². The fraction of sp³-hybridized carbons (Fsp3) is 0.368. The number of aromatic nitrogens is 1. The van der Waals surface area contributed by atoms with E-state index in [1.165, 1.54) is 4.31 Å². The molecule has 0 N–H and O–H groups in total. The summed E-state index contributed by atoms with van der Waals surface area (Å²) >= 11 is 0. The first kappa shape index (κ1) is 19.3. The molecule has 1 aliphatic rings. The maximum absolute atomic E-state index is 12.7. The number of carbonyl (C=O) groups is 1. The minimum atomic E-state index is -3.50. The number of carbonyl (C=O) groups excluding carboxylic acids is 1. The Hall–Kier alpha value is -2.45. The fourth-order valence-corrected chi connectivity index (χ4v) is 3.82. The van der Waals surface area contributed by atoms with E-state index in [-0.39, 0.29) is 19.0 Å². The molecule has 0 spiro atoms. The zero-order chi connectivity index (χ0) is 19.3. The van der Waals surface area contributed by atoms with Gasteiger partial charge in [-0.05, 0) is 23.8 Å². The van der Waals surface area contributed by atoms with Gasteiger partial charge in [0.15, 0.2) is 0 Å². The molecule has 0 saturated carbocycles. The largest absolute Gasteiger partial charge is 0.368 e. The Morgan fingerprint density at radius 2 is 1.78 bits per heavy atom. The number of piperazine rings is 1. The van der Waals surface area contributed by atoms with Gasteiger partial charge in [0.05, 0.1) is 12.8 Å². The normalized spacial score (nSPS) is 15.2. The number of para-hydroxylation sites is 1. The van der Waals surface area contributed by atoms with Crippen molar-refractivity contribution in [2.75, 3.05) is 43.9 Å². The lowest BCUT2D eigenvalue weighted by Gasteiger charge is -2.36. The monoisotopic (exact) mass is 388 g/mol. The highest BCUT2D eigenvalue weighted by Gasteiger charge is 2.26. The summed E-state index contributed by atoms with van der Waals surface area (Å²) < 4.78 is 25.4. The molecule has 2 aromatic rings. The summed E-state index contributed by atoms with van der Waals surface area (Å²) in [5, 5.41) is 0. The molecule has 27 heavy (non-hydrogen) atoms. The van der Waals surface area contributed by atoms with Crippen LogP contribution in [0.15, 0.2) is 54.9 Å². The molecule has 144 valence electrons. The van der Waals surface area contributed by atoms with E-state index >= 15 is 0 Å². The standard InChI is InChI=1S/C19H24N4O3S/c1-27(25,26)23(15-17-6-5-9-20-14-17)16-19(24)22-12-10-21(11-13-22)18-7-3-2-4-8-18/h2-9,14H,10-13,15-16H2,1H3. The Bertz CT molecular complexity index is 851. The Morgan fingerprint density at radius 3 is 2.37 bits per heavy atom. The molecular weight excluding hydrogens is 364 g/mol. The van der Waals surface area contributed by atoms with Crippen LogP contribution >= 0.6 is 0 Å². The second-order valence-electron chi connectivity index (χ2n) is 6.60. The van der Waals surface area contributed by atoms with E-state index in [1.54, 1.807) is 29.4 Å². The van der Waals surface area contributed by atoms with Crippen molar-refractivity contribution in [1.82, 2.24) is 14.2 Å². The van der Waals surface area contributed by atoms with Gasteiger partial charge >= 0.3 is 0 Å². The lowest BCUT2D eigenvalue weighted by molar-refractivity contribution is -0.131. The first-order valence-electron chi connectivity index (χ1n) is 8.85. The first-order valence-corrected chi connectivity index (χ1v) is 10.7. The van der Waals surface area contributed by atoms with Gasteiger partial charge in [-0.25, -0.2) is 8.42 Å². The van der Waals surface area contributed by atoms with E-state index in [9.17, 15) is 13.2 Å². The van der Waals surface area contributed by atoms with Crippen molar-refractivity contribution >= 4 is 21.6 Å². The number of hydrogen-bond donors (Lipinski definition) is 0. The van der Waals surface area contributed by atoms with Crippen molar-refractivity contribution in [1.29, 1.82) is 0 Å². The van der Waals surface area contributed by atoms with Crippen LogP contribution in [0.3, 0.4) is 0 Å². The quantitative estimate of drug-likeness (QED) is 0.743. The smallest absolute Gasteiger partial charge is 0.238 e. The van der Waals surface area contributed by atoms with Gasteiger partial charge in [0.25, 0.3) is 0 Å². The van der Waals surface area contributed by atoms with Crippen LogP contribution in [0.25, 0.3) is 0 Å². The second kappa shape index (κ2) is 8.49. The number of amides is 1. The molecular formula is C19H24N4O3S. The van der Waals surface area contributed by atoms with Gasteiger partial charge in [-0.3, -0.25) is 9.78 Å². The molecule has 7 nitrogen and oxygen atoms in total. The SMILES string of the molecule is CS(=O)(=O)N(CC(=O)N1CCN(c2ccccc2)CC1)Cc1cccnc1. The summed E-state index contributed by atoms with van der Waals surface area (Å²) in [5.41, 5.74) is 1.89. The van der Waals surface area contributed by atoms with Crippen LogP contribution in [0.4, 0.5) is 5.69 Å². The van der Waals surface area contributed by atoms with E-state index in [4.69, 9.17) is 0 Å².